The smallest absolute Gasteiger partial charge is 0.0619 e. The van der Waals surface area contributed by atoms with Gasteiger partial charge >= 0.3 is 0 Å². The second-order valence-electron chi connectivity index (χ2n) is 11.2. The lowest BCUT2D eigenvalue weighted by Crippen LogP contribution is -2.23. The molecule has 0 nitrogen and oxygen atoms in total. The minimum Gasteiger partial charge on any atom is -0.0619 e. The molecule has 0 N–H and O–H groups in total. The van der Waals surface area contributed by atoms with Crippen molar-refractivity contribution < 1.29 is 15.1 Å². The van der Waals surface area contributed by atoms with Crippen molar-refractivity contribution in [3.05, 3.63) is 143 Å². The Labute approximate surface area is 250 Å². The van der Waals surface area contributed by atoms with E-state index in [1.807, 2.05) is 30.3 Å². The van der Waals surface area contributed by atoms with Gasteiger partial charge < -0.3 is 0 Å². The molecule has 0 fully saturated rings. The van der Waals surface area contributed by atoms with Gasteiger partial charge in [-0.25, -0.2) is 0 Å². The highest BCUT2D eigenvalue weighted by Gasteiger charge is 2.34. The molecule has 0 heteroatoms. The number of rotatable bonds is 2. The summed E-state index contributed by atoms with van der Waals surface area (Å²) >= 11 is 0. The summed E-state index contributed by atoms with van der Waals surface area (Å²) in [5, 5.41) is 2.19. The largest absolute Gasteiger partial charge is 0.0636 e. The molecule has 9 rings (SSSR count). The third kappa shape index (κ3) is 2.76. The standard InChI is InChI=1S/C40H28/c1-40(2)35-19-6-5-14-29(35)30-17-9-15-28-26(20-21-36(40)39(28)30)23-33-27-13-4-3-10-25(27)22-34-31-16-7-11-24-12-8-18-32(37(24)31)38(33)34/h3-22H,23H2,1-2H3/i3D,4D,7D,8D,10D,11D,12D,13D,16D,18D,22D. The molecule has 7 aromatic rings. The molecule has 0 saturated carbocycles. The first-order chi connectivity index (χ1) is 24.2. The first-order valence-electron chi connectivity index (χ1n) is 18.9. The van der Waals surface area contributed by atoms with E-state index >= 15 is 0 Å². The quantitative estimate of drug-likeness (QED) is 0.213. The van der Waals surface area contributed by atoms with Gasteiger partial charge in [-0.1, -0.05) is 129 Å². The van der Waals surface area contributed by atoms with Gasteiger partial charge in [-0.15, -0.1) is 0 Å². The lowest BCUT2D eigenvalue weighted by atomic mass is 9.68. The van der Waals surface area contributed by atoms with Gasteiger partial charge in [0.2, 0.25) is 0 Å². The highest BCUT2D eigenvalue weighted by molar-refractivity contribution is 6.18. The number of hydrogen-bond acceptors (Lipinski definition) is 0. The van der Waals surface area contributed by atoms with Gasteiger partial charge in [-0.2, -0.15) is 0 Å². The monoisotopic (exact) mass is 519 g/mol. The van der Waals surface area contributed by atoms with Crippen molar-refractivity contribution in [3.8, 4) is 33.4 Å². The van der Waals surface area contributed by atoms with E-state index in [0.717, 1.165) is 33.0 Å². The predicted octanol–water partition coefficient (Wildman–Crippen LogP) is 10.7. The molecular formula is C40H28. The molecular weight excluding hydrogens is 480 g/mol. The van der Waals surface area contributed by atoms with Gasteiger partial charge in [0.25, 0.3) is 0 Å². The topological polar surface area (TPSA) is 0 Å². The van der Waals surface area contributed by atoms with Gasteiger partial charge in [-0.3, -0.25) is 0 Å². The van der Waals surface area contributed by atoms with E-state index in [1.165, 1.54) is 5.56 Å². The molecule has 188 valence electrons. The highest BCUT2D eigenvalue weighted by Crippen LogP contribution is 2.52. The fraction of sp³-hybridized carbons (Fsp3) is 0.100. The maximum absolute atomic E-state index is 9.48. The third-order valence-corrected chi connectivity index (χ3v) is 8.85. The van der Waals surface area contributed by atoms with Crippen molar-refractivity contribution >= 4 is 32.3 Å². The Morgan fingerprint density at radius 1 is 0.575 bits per heavy atom. The molecule has 0 spiro atoms. The SMILES string of the molecule is [2H]c1c([2H])c([2H])c2c(Cc3ccc4c5c(cccc35)-c3ccccc3C4(C)C)c3c(c([2H])c2c1[2H])-c1c([2H])c([2H])c([2H])c2c([2H])c([2H])c([2H])c-3c12. The summed E-state index contributed by atoms with van der Waals surface area (Å²) in [5.41, 5.74) is 6.12. The van der Waals surface area contributed by atoms with Gasteiger partial charge in [0.1, 0.15) is 0 Å². The zero-order chi connectivity index (χ0) is 36.2. The fourth-order valence-corrected chi connectivity index (χ4v) is 7.04. The second-order valence-corrected chi connectivity index (χ2v) is 11.2. The van der Waals surface area contributed by atoms with E-state index in [-0.39, 0.29) is 79.8 Å². The van der Waals surface area contributed by atoms with Crippen LogP contribution in [0.25, 0.3) is 65.7 Å². The van der Waals surface area contributed by atoms with Crippen molar-refractivity contribution in [2.75, 3.05) is 0 Å². The minimum absolute atomic E-state index is 0.0434. The molecule has 0 aliphatic heterocycles. The molecule has 7 aromatic carbocycles. The minimum atomic E-state index is -0.508. The average molecular weight is 520 g/mol. The zero-order valence-electron chi connectivity index (χ0n) is 32.9. The summed E-state index contributed by atoms with van der Waals surface area (Å²) in [7, 11) is 0. The summed E-state index contributed by atoms with van der Waals surface area (Å²) in [6.45, 7) is 4.40. The van der Waals surface area contributed by atoms with E-state index in [1.54, 1.807) is 0 Å². The lowest BCUT2D eigenvalue weighted by molar-refractivity contribution is 0.645. The second kappa shape index (κ2) is 7.71. The molecule has 2 aliphatic carbocycles. The van der Waals surface area contributed by atoms with Crippen molar-refractivity contribution in [1.29, 1.82) is 0 Å². The summed E-state index contributed by atoms with van der Waals surface area (Å²) in [5.74, 6) is 0. The zero-order valence-corrected chi connectivity index (χ0v) is 21.9. The van der Waals surface area contributed by atoms with Crippen molar-refractivity contribution in [1.82, 2.24) is 0 Å². The first-order valence-corrected chi connectivity index (χ1v) is 13.4. The van der Waals surface area contributed by atoms with Gasteiger partial charge in [-0.05, 0) is 100 Å². The molecule has 40 heavy (non-hydrogen) atoms. The third-order valence-electron chi connectivity index (χ3n) is 8.85. The molecule has 0 atom stereocenters. The van der Waals surface area contributed by atoms with Crippen LogP contribution in [0.15, 0.2) is 121 Å². The van der Waals surface area contributed by atoms with E-state index < -0.39 is 42.3 Å². The van der Waals surface area contributed by atoms with Crippen LogP contribution in [-0.4, -0.2) is 0 Å². The summed E-state index contributed by atoms with van der Waals surface area (Å²) in [6, 6.07) is 14.1. The van der Waals surface area contributed by atoms with Crippen LogP contribution in [0.3, 0.4) is 0 Å². The maximum Gasteiger partial charge on any atom is 0.0636 e. The number of benzene rings is 7. The van der Waals surface area contributed by atoms with Crippen molar-refractivity contribution in [3.63, 3.8) is 0 Å². The van der Waals surface area contributed by atoms with Gasteiger partial charge in [0, 0.05) is 5.41 Å². The number of hydrogen-bond donors (Lipinski definition) is 0. The Morgan fingerprint density at radius 2 is 1.35 bits per heavy atom. The molecule has 2 aliphatic rings. The fourth-order valence-electron chi connectivity index (χ4n) is 7.04. The predicted molar refractivity (Wildman–Crippen MR) is 170 cm³/mol. The van der Waals surface area contributed by atoms with Gasteiger partial charge in [0.15, 0.2) is 0 Å². The van der Waals surface area contributed by atoms with Crippen LogP contribution in [-0.2, 0) is 11.8 Å². The summed E-state index contributed by atoms with van der Waals surface area (Å²) in [4.78, 5) is 0. The Hall–Kier alpha value is -4.68. The maximum atomic E-state index is 9.48. The Balaban J connectivity index is 1.46. The number of fused-ring (bicyclic) bond motifs is 6. The van der Waals surface area contributed by atoms with Crippen LogP contribution in [0.1, 0.15) is 51.2 Å². The van der Waals surface area contributed by atoms with Crippen LogP contribution < -0.4 is 0 Å². The van der Waals surface area contributed by atoms with Crippen LogP contribution in [0.2, 0.25) is 0 Å². The summed E-state index contributed by atoms with van der Waals surface area (Å²) < 4.78 is 97.8. The van der Waals surface area contributed by atoms with Crippen LogP contribution >= 0.6 is 0 Å². The molecule has 0 radical (unpaired) electrons. The molecule has 0 heterocycles. The van der Waals surface area contributed by atoms with Crippen LogP contribution in [0.4, 0.5) is 0 Å². The Kier molecular flexibility index (Phi) is 2.72. The molecule has 0 unspecified atom stereocenters. The van der Waals surface area contributed by atoms with Crippen LogP contribution in [0, 0.1) is 0 Å². The van der Waals surface area contributed by atoms with Crippen LogP contribution in [0.5, 0.6) is 0 Å². The van der Waals surface area contributed by atoms with Crippen molar-refractivity contribution in [2.24, 2.45) is 0 Å². The highest BCUT2D eigenvalue weighted by atomic mass is 14.4. The first kappa shape index (κ1) is 14.1. The molecule has 0 amide bonds. The normalized spacial score (nSPS) is 17.9. The van der Waals surface area contributed by atoms with Crippen molar-refractivity contribution in [2.45, 2.75) is 25.7 Å². The molecule has 0 saturated heterocycles. The van der Waals surface area contributed by atoms with E-state index in [0.29, 0.717) is 5.56 Å². The van der Waals surface area contributed by atoms with E-state index in [2.05, 4.69) is 38.1 Å². The lowest BCUT2D eigenvalue weighted by Gasteiger charge is -2.35. The molecule has 0 aromatic heterocycles. The van der Waals surface area contributed by atoms with E-state index in [9.17, 15) is 1.37 Å². The Bertz CT molecular complexity index is 2810. The Morgan fingerprint density at radius 3 is 2.25 bits per heavy atom. The van der Waals surface area contributed by atoms with E-state index in [4.69, 9.17) is 13.7 Å². The summed E-state index contributed by atoms with van der Waals surface area (Å²) in [6.07, 6.45) is 0.114. The van der Waals surface area contributed by atoms with Gasteiger partial charge in [0.05, 0.1) is 15.1 Å². The average Bonchev–Trinajstić information content (AvgIpc) is 3.48. The molecule has 0 bridgehead atoms.